The number of carbonyl (C=O) groups excluding carboxylic acids is 1. The molecule has 1 amide bonds. The molecule has 1 aromatic carbocycles. The molecule has 1 unspecified atom stereocenters. The molecule has 0 radical (unpaired) electrons. The van der Waals surface area contributed by atoms with Gasteiger partial charge in [-0.1, -0.05) is 37.3 Å². The fraction of sp³-hybridized carbons (Fsp3) is 0.389. The molecule has 128 valence electrons. The van der Waals surface area contributed by atoms with Gasteiger partial charge in [0.2, 0.25) is 5.91 Å². The number of hydrogen-bond donors (Lipinski definition) is 1. The molecule has 0 aliphatic heterocycles. The van der Waals surface area contributed by atoms with E-state index < -0.39 is 11.9 Å². The number of carboxylic acids is 1. The summed E-state index contributed by atoms with van der Waals surface area (Å²) >= 11 is 0. The van der Waals surface area contributed by atoms with Crippen LogP contribution in [0.15, 0.2) is 34.7 Å². The highest BCUT2D eigenvalue weighted by atomic mass is 16.4. The molecule has 0 fully saturated rings. The lowest BCUT2D eigenvalue weighted by Gasteiger charge is -2.19. The largest absolute Gasteiger partial charge is 0.481 e. The van der Waals surface area contributed by atoms with E-state index in [1.165, 1.54) is 4.90 Å². The monoisotopic (exact) mass is 330 g/mol. The van der Waals surface area contributed by atoms with Crippen LogP contribution in [-0.2, 0) is 16.0 Å². The first-order valence-corrected chi connectivity index (χ1v) is 7.87. The molecule has 6 heteroatoms. The van der Waals surface area contributed by atoms with E-state index in [4.69, 9.17) is 9.52 Å². The number of aliphatic carboxylic acids is 1. The van der Waals surface area contributed by atoms with Gasteiger partial charge in [-0.05, 0) is 6.92 Å². The van der Waals surface area contributed by atoms with Crippen molar-refractivity contribution in [2.45, 2.75) is 26.7 Å². The molecule has 6 nitrogen and oxygen atoms in total. The molecule has 1 aromatic heterocycles. The van der Waals surface area contributed by atoms with Crippen LogP contribution in [0.4, 0.5) is 0 Å². The van der Waals surface area contributed by atoms with Crippen LogP contribution >= 0.6 is 0 Å². The zero-order valence-corrected chi connectivity index (χ0v) is 14.2. The van der Waals surface area contributed by atoms with Crippen molar-refractivity contribution in [3.05, 3.63) is 41.9 Å². The zero-order chi connectivity index (χ0) is 17.7. The van der Waals surface area contributed by atoms with Gasteiger partial charge < -0.3 is 14.4 Å². The van der Waals surface area contributed by atoms with Crippen LogP contribution in [0.25, 0.3) is 11.3 Å². The van der Waals surface area contributed by atoms with Gasteiger partial charge in [0.25, 0.3) is 0 Å². The maximum atomic E-state index is 12.1. The number of hydrogen-bond acceptors (Lipinski definition) is 4. The molecule has 1 heterocycles. The van der Waals surface area contributed by atoms with Crippen LogP contribution in [0.2, 0.25) is 0 Å². The fourth-order valence-corrected chi connectivity index (χ4v) is 2.41. The van der Waals surface area contributed by atoms with Crippen LogP contribution in [0.3, 0.4) is 0 Å². The van der Waals surface area contributed by atoms with Gasteiger partial charge in [0.05, 0.1) is 11.6 Å². The van der Waals surface area contributed by atoms with E-state index in [0.717, 1.165) is 11.3 Å². The summed E-state index contributed by atoms with van der Waals surface area (Å²) in [6.45, 7) is 3.64. The Labute approximate surface area is 141 Å². The van der Waals surface area contributed by atoms with Crippen molar-refractivity contribution in [2.75, 3.05) is 13.6 Å². The number of carboxylic acid groups (broad SMARTS) is 1. The van der Waals surface area contributed by atoms with Crippen LogP contribution < -0.4 is 0 Å². The second kappa shape index (κ2) is 7.77. The number of oxazole rings is 1. The van der Waals surface area contributed by atoms with Gasteiger partial charge >= 0.3 is 5.97 Å². The molecule has 0 saturated carbocycles. The Morgan fingerprint density at radius 1 is 1.29 bits per heavy atom. The first-order chi connectivity index (χ1) is 11.4. The topological polar surface area (TPSA) is 83.6 Å². The summed E-state index contributed by atoms with van der Waals surface area (Å²) in [5, 5.41) is 8.90. The van der Waals surface area contributed by atoms with Gasteiger partial charge in [-0.3, -0.25) is 9.59 Å². The average molecular weight is 330 g/mol. The minimum Gasteiger partial charge on any atom is -0.481 e. The van der Waals surface area contributed by atoms with Crippen molar-refractivity contribution in [1.29, 1.82) is 0 Å². The predicted octanol–water partition coefficient (Wildman–Crippen LogP) is 2.76. The molecular weight excluding hydrogens is 308 g/mol. The molecule has 2 rings (SSSR count). The number of benzene rings is 1. The molecule has 0 aliphatic rings. The van der Waals surface area contributed by atoms with Crippen molar-refractivity contribution < 1.29 is 19.1 Å². The molecule has 1 N–H and O–H groups in total. The number of aryl methyl sites for hydroxylation is 2. The van der Waals surface area contributed by atoms with Crippen LogP contribution in [-0.4, -0.2) is 40.5 Å². The lowest BCUT2D eigenvalue weighted by Crippen LogP contribution is -2.33. The third kappa shape index (κ3) is 4.44. The normalized spacial score (nSPS) is 12.0. The Morgan fingerprint density at radius 3 is 2.58 bits per heavy atom. The van der Waals surface area contributed by atoms with Crippen molar-refractivity contribution in [2.24, 2.45) is 5.92 Å². The Bertz CT molecular complexity index is 709. The Morgan fingerprint density at radius 2 is 1.96 bits per heavy atom. The van der Waals surface area contributed by atoms with Crippen molar-refractivity contribution in [3.63, 3.8) is 0 Å². The molecule has 2 aromatic rings. The maximum Gasteiger partial charge on any atom is 0.308 e. The minimum atomic E-state index is -0.912. The maximum absolute atomic E-state index is 12.1. The lowest BCUT2D eigenvalue weighted by molar-refractivity contribution is -0.142. The van der Waals surface area contributed by atoms with Gasteiger partial charge in [0.1, 0.15) is 0 Å². The molecule has 0 aliphatic carbocycles. The quantitative estimate of drug-likeness (QED) is 0.844. The number of carbonyl (C=O) groups is 2. The van der Waals surface area contributed by atoms with Crippen molar-refractivity contribution in [3.8, 4) is 11.3 Å². The van der Waals surface area contributed by atoms with Gasteiger partial charge in [-0.2, -0.15) is 0 Å². The van der Waals surface area contributed by atoms with Gasteiger partial charge in [0.15, 0.2) is 11.7 Å². The summed E-state index contributed by atoms with van der Waals surface area (Å²) < 4.78 is 5.77. The van der Waals surface area contributed by atoms with Crippen LogP contribution in [0.5, 0.6) is 0 Å². The lowest BCUT2D eigenvalue weighted by atomic mass is 10.1. The molecule has 0 spiro atoms. The third-order valence-electron chi connectivity index (χ3n) is 3.82. The van der Waals surface area contributed by atoms with E-state index in [0.29, 0.717) is 18.1 Å². The summed E-state index contributed by atoms with van der Waals surface area (Å²) in [7, 11) is 1.61. The van der Waals surface area contributed by atoms with E-state index in [1.807, 2.05) is 37.3 Å². The Kier molecular flexibility index (Phi) is 5.73. The summed E-state index contributed by atoms with van der Waals surface area (Å²) in [6, 6.07) is 9.69. The van der Waals surface area contributed by atoms with E-state index in [2.05, 4.69) is 4.98 Å². The van der Waals surface area contributed by atoms with Crippen molar-refractivity contribution >= 4 is 11.9 Å². The van der Waals surface area contributed by atoms with E-state index in [-0.39, 0.29) is 18.9 Å². The summed E-state index contributed by atoms with van der Waals surface area (Å²) in [5.74, 6) is -0.399. The van der Waals surface area contributed by atoms with Gasteiger partial charge in [-0.25, -0.2) is 4.98 Å². The van der Waals surface area contributed by atoms with Gasteiger partial charge in [-0.15, -0.1) is 0 Å². The fourth-order valence-electron chi connectivity index (χ4n) is 2.41. The number of aromatic nitrogens is 1. The molecule has 24 heavy (non-hydrogen) atoms. The SMILES string of the molecule is Cc1nc(CCC(=O)N(C)CC(C)C(=O)O)oc1-c1ccccc1. The Balaban J connectivity index is 1.95. The second-order valence-corrected chi connectivity index (χ2v) is 5.90. The van der Waals surface area contributed by atoms with Crippen molar-refractivity contribution in [1.82, 2.24) is 9.88 Å². The first kappa shape index (κ1) is 17.7. The first-order valence-electron chi connectivity index (χ1n) is 7.87. The number of amides is 1. The minimum absolute atomic E-state index is 0.125. The zero-order valence-electron chi connectivity index (χ0n) is 14.2. The highest BCUT2D eigenvalue weighted by Gasteiger charge is 2.18. The average Bonchev–Trinajstić information content (AvgIpc) is 2.94. The molecule has 1 atom stereocenters. The highest BCUT2D eigenvalue weighted by molar-refractivity contribution is 5.77. The molecular formula is C18H22N2O4. The highest BCUT2D eigenvalue weighted by Crippen LogP contribution is 2.24. The number of nitrogens with zero attached hydrogens (tertiary/aromatic N) is 2. The van der Waals surface area contributed by atoms with Crippen LogP contribution in [0.1, 0.15) is 24.9 Å². The third-order valence-corrected chi connectivity index (χ3v) is 3.82. The van der Waals surface area contributed by atoms with E-state index in [1.54, 1.807) is 14.0 Å². The smallest absolute Gasteiger partial charge is 0.308 e. The second-order valence-electron chi connectivity index (χ2n) is 5.90. The predicted molar refractivity (Wildman–Crippen MR) is 89.4 cm³/mol. The van der Waals surface area contributed by atoms with Crippen LogP contribution in [0, 0.1) is 12.8 Å². The molecule has 0 bridgehead atoms. The summed E-state index contributed by atoms with van der Waals surface area (Å²) in [4.78, 5) is 28.8. The van der Waals surface area contributed by atoms with Gasteiger partial charge in [0, 0.05) is 32.0 Å². The standard InChI is InChI=1S/C18H22N2O4/c1-12(18(22)23)11-20(3)16(21)10-9-15-19-13(2)17(24-15)14-7-5-4-6-8-14/h4-8,12H,9-11H2,1-3H3,(H,22,23). The summed E-state index contributed by atoms with van der Waals surface area (Å²) in [6.07, 6.45) is 0.620. The van der Waals surface area contributed by atoms with E-state index in [9.17, 15) is 9.59 Å². The summed E-state index contributed by atoms with van der Waals surface area (Å²) in [5.41, 5.74) is 1.74. The van der Waals surface area contributed by atoms with E-state index >= 15 is 0 Å². The number of rotatable bonds is 7. The Hall–Kier alpha value is -2.63. The molecule has 0 saturated heterocycles.